The lowest BCUT2D eigenvalue weighted by atomic mass is 10.1. The van der Waals surface area contributed by atoms with E-state index in [2.05, 4.69) is 10.3 Å². The molecular weight excluding hydrogens is 366 g/mol. The first-order chi connectivity index (χ1) is 13.5. The maximum Gasteiger partial charge on any atom is 0.356 e. The number of ether oxygens (including phenoxy) is 2. The van der Waals surface area contributed by atoms with Crippen LogP contribution in [0.1, 0.15) is 27.8 Å². The zero-order chi connectivity index (χ0) is 20.3. The van der Waals surface area contributed by atoms with Gasteiger partial charge in [0.05, 0.1) is 24.3 Å². The fourth-order valence-corrected chi connectivity index (χ4v) is 2.79. The smallest absolute Gasteiger partial charge is 0.356 e. The van der Waals surface area contributed by atoms with E-state index in [1.54, 1.807) is 25.1 Å². The van der Waals surface area contributed by atoms with E-state index in [9.17, 15) is 19.7 Å². The number of carbonyl (C=O) groups excluding carboxylic acids is 2. The largest absolute Gasteiger partial charge is 0.497 e. The lowest BCUT2D eigenvalue weighted by molar-refractivity contribution is -0.385. The van der Waals surface area contributed by atoms with E-state index in [0.717, 1.165) is 0 Å². The molecule has 2 N–H and O–H groups in total. The van der Waals surface area contributed by atoms with Gasteiger partial charge in [0.25, 0.3) is 11.6 Å². The van der Waals surface area contributed by atoms with Crippen LogP contribution in [0.3, 0.4) is 0 Å². The number of aromatic nitrogens is 1. The Hall–Kier alpha value is -3.88. The van der Waals surface area contributed by atoms with Gasteiger partial charge in [0.1, 0.15) is 17.0 Å². The summed E-state index contributed by atoms with van der Waals surface area (Å²) in [6, 6.07) is 10.6. The number of benzene rings is 2. The fourth-order valence-electron chi connectivity index (χ4n) is 2.79. The summed E-state index contributed by atoms with van der Waals surface area (Å²) >= 11 is 0. The average molecular weight is 383 g/mol. The van der Waals surface area contributed by atoms with Crippen LogP contribution in [-0.2, 0) is 4.74 Å². The Kier molecular flexibility index (Phi) is 5.25. The van der Waals surface area contributed by atoms with Gasteiger partial charge in [-0.25, -0.2) is 4.79 Å². The van der Waals surface area contributed by atoms with E-state index < -0.39 is 16.8 Å². The van der Waals surface area contributed by atoms with Crippen molar-refractivity contribution in [2.75, 3.05) is 19.0 Å². The van der Waals surface area contributed by atoms with Crippen LogP contribution >= 0.6 is 0 Å². The number of nitrogens with one attached hydrogen (secondary N) is 2. The molecule has 0 aliphatic heterocycles. The van der Waals surface area contributed by atoms with Gasteiger partial charge >= 0.3 is 5.97 Å². The Morgan fingerprint density at radius 2 is 1.96 bits per heavy atom. The number of nitrogens with zero attached hydrogens (tertiary/aromatic N) is 1. The third-order valence-electron chi connectivity index (χ3n) is 4.07. The van der Waals surface area contributed by atoms with Crippen molar-refractivity contribution in [1.82, 2.24) is 4.98 Å². The molecule has 144 valence electrons. The minimum absolute atomic E-state index is 0.0389. The van der Waals surface area contributed by atoms with E-state index in [4.69, 9.17) is 9.47 Å². The van der Waals surface area contributed by atoms with Gasteiger partial charge in [-0.2, -0.15) is 0 Å². The van der Waals surface area contributed by atoms with Crippen molar-refractivity contribution in [3.05, 3.63) is 63.8 Å². The first-order valence-corrected chi connectivity index (χ1v) is 8.37. The summed E-state index contributed by atoms with van der Waals surface area (Å²) in [6.45, 7) is 1.81. The topological polar surface area (TPSA) is 124 Å². The highest BCUT2D eigenvalue weighted by atomic mass is 16.6. The number of rotatable bonds is 6. The second-order valence-corrected chi connectivity index (χ2v) is 5.74. The number of esters is 1. The van der Waals surface area contributed by atoms with Gasteiger partial charge in [-0.3, -0.25) is 14.9 Å². The molecule has 28 heavy (non-hydrogen) atoms. The van der Waals surface area contributed by atoms with Crippen molar-refractivity contribution in [3.8, 4) is 5.75 Å². The molecule has 1 aromatic heterocycles. The van der Waals surface area contributed by atoms with Gasteiger partial charge in [0.2, 0.25) is 0 Å². The fraction of sp³-hybridized carbons (Fsp3) is 0.158. The van der Waals surface area contributed by atoms with E-state index in [1.165, 1.54) is 31.4 Å². The molecule has 0 atom stereocenters. The molecule has 0 spiro atoms. The van der Waals surface area contributed by atoms with Gasteiger partial charge in [-0.05, 0) is 31.2 Å². The molecule has 0 radical (unpaired) electrons. The number of anilines is 1. The Balaban J connectivity index is 2.10. The molecule has 0 aliphatic rings. The number of carbonyl (C=O) groups is 2. The SMILES string of the molecule is CCOC(=O)c1[nH]c2ccc(OC)cc2c1NC(=O)c1ccccc1[N+](=O)[O-]. The van der Waals surface area contributed by atoms with Gasteiger partial charge in [-0.15, -0.1) is 0 Å². The molecule has 0 saturated heterocycles. The molecule has 9 nitrogen and oxygen atoms in total. The van der Waals surface area contributed by atoms with Crippen molar-refractivity contribution < 1.29 is 24.0 Å². The van der Waals surface area contributed by atoms with Gasteiger partial charge in [0, 0.05) is 17.0 Å². The highest BCUT2D eigenvalue weighted by Gasteiger charge is 2.25. The van der Waals surface area contributed by atoms with E-state index in [1.807, 2.05) is 0 Å². The number of nitro groups is 1. The third kappa shape index (κ3) is 3.50. The number of para-hydroxylation sites is 1. The number of H-pyrrole nitrogens is 1. The van der Waals surface area contributed by atoms with Crippen molar-refractivity contribution in [3.63, 3.8) is 0 Å². The van der Waals surface area contributed by atoms with Gasteiger partial charge < -0.3 is 19.8 Å². The maximum atomic E-state index is 12.8. The predicted octanol–water partition coefficient (Wildman–Crippen LogP) is 3.51. The van der Waals surface area contributed by atoms with Crippen LogP contribution in [0.4, 0.5) is 11.4 Å². The minimum Gasteiger partial charge on any atom is -0.497 e. The first-order valence-electron chi connectivity index (χ1n) is 8.37. The molecule has 3 rings (SSSR count). The summed E-state index contributed by atoms with van der Waals surface area (Å²) in [4.78, 5) is 38.6. The monoisotopic (exact) mass is 383 g/mol. The number of amides is 1. The van der Waals surface area contributed by atoms with Crippen LogP contribution in [0.2, 0.25) is 0 Å². The van der Waals surface area contributed by atoms with Crippen molar-refractivity contribution >= 4 is 34.2 Å². The Morgan fingerprint density at radius 1 is 1.21 bits per heavy atom. The lowest BCUT2D eigenvalue weighted by Gasteiger charge is -2.08. The summed E-state index contributed by atoms with van der Waals surface area (Å²) in [6.07, 6.45) is 0. The molecule has 9 heteroatoms. The van der Waals surface area contributed by atoms with Crippen molar-refractivity contribution in [2.24, 2.45) is 0 Å². The molecule has 3 aromatic rings. The molecule has 0 unspecified atom stereocenters. The van der Waals surface area contributed by atoms with Crippen LogP contribution < -0.4 is 10.1 Å². The highest BCUT2D eigenvalue weighted by Crippen LogP contribution is 2.32. The quantitative estimate of drug-likeness (QED) is 0.381. The number of aromatic amines is 1. The van der Waals surface area contributed by atoms with Crippen LogP contribution in [0.5, 0.6) is 5.75 Å². The Morgan fingerprint density at radius 3 is 2.64 bits per heavy atom. The third-order valence-corrected chi connectivity index (χ3v) is 4.07. The van der Waals surface area contributed by atoms with Crippen LogP contribution in [0, 0.1) is 10.1 Å². The van der Waals surface area contributed by atoms with E-state index in [0.29, 0.717) is 16.7 Å². The summed E-state index contributed by atoms with van der Waals surface area (Å²) in [7, 11) is 1.49. The van der Waals surface area contributed by atoms with E-state index in [-0.39, 0.29) is 29.2 Å². The van der Waals surface area contributed by atoms with Gasteiger partial charge in [0.15, 0.2) is 0 Å². The average Bonchev–Trinajstić information content (AvgIpc) is 3.05. The summed E-state index contributed by atoms with van der Waals surface area (Å²) < 4.78 is 10.2. The normalized spacial score (nSPS) is 10.5. The van der Waals surface area contributed by atoms with Crippen molar-refractivity contribution in [1.29, 1.82) is 0 Å². The molecule has 0 bridgehead atoms. The van der Waals surface area contributed by atoms with Crippen LogP contribution in [-0.4, -0.2) is 35.5 Å². The van der Waals surface area contributed by atoms with E-state index >= 15 is 0 Å². The molecule has 0 aliphatic carbocycles. The lowest BCUT2D eigenvalue weighted by Crippen LogP contribution is -2.16. The molecule has 1 amide bonds. The molecular formula is C19H17N3O6. The second kappa shape index (κ2) is 7.78. The predicted molar refractivity (Wildman–Crippen MR) is 102 cm³/mol. The zero-order valence-electron chi connectivity index (χ0n) is 15.1. The minimum atomic E-state index is -0.721. The van der Waals surface area contributed by atoms with Gasteiger partial charge in [-0.1, -0.05) is 12.1 Å². The number of fused-ring (bicyclic) bond motifs is 1. The van der Waals surface area contributed by atoms with Crippen LogP contribution in [0.15, 0.2) is 42.5 Å². The van der Waals surface area contributed by atoms with Crippen LogP contribution in [0.25, 0.3) is 10.9 Å². The molecule has 0 fully saturated rings. The Labute approximate surface area is 159 Å². The number of methoxy groups -OCH3 is 1. The molecule has 1 heterocycles. The zero-order valence-corrected chi connectivity index (χ0v) is 15.1. The number of hydrogen-bond donors (Lipinski definition) is 2. The highest BCUT2D eigenvalue weighted by molar-refractivity contribution is 6.15. The first kappa shape index (κ1) is 18.9. The maximum absolute atomic E-state index is 12.8. The standard InChI is InChI=1S/C19H17N3O6/c1-3-28-19(24)17-16(13-10-11(27-2)8-9-14(13)20-17)21-18(23)12-6-4-5-7-15(12)22(25)26/h4-10,20H,3H2,1-2H3,(H,21,23). The van der Waals surface area contributed by atoms with Crippen molar-refractivity contribution in [2.45, 2.75) is 6.92 Å². The summed E-state index contributed by atoms with van der Waals surface area (Å²) in [5, 5.41) is 14.3. The second-order valence-electron chi connectivity index (χ2n) is 5.74. The number of hydrogen-bond acceptors (Lipinski definition) is 6. The summed E-state index contributed by atoms with van der Waals surface area (Å²) in [5.41, 5.74) is 0.309. The number of nitro benzene ring substituents is 1. The molecule has 2 aromatic carbocycles. The molecule has 0 saturated carbocycles. The Bertz CT molecular complexity index is 1070. The summed E-state index contributed by atoms with van der Waals surface area (Å²) in [5.74, 6) is -0.861.